The van der Waals surface area contributed by atoms with Crippen molar-refractivity contribution < 1.29 is 14.3 Å². The van der Waals surface area contributed by atoms with E-state index in [1.54, 1.807) is 0 Å². The molecule has 0 spiro atoms. The van der Waals surface area contributed by atoms with Gasteiger partial charge in [0.1, 0.15) is 6.61 Å². The quantitative estimate of drug-likeness (QED) is 0.726. The molecule has 1 amide bonds. The zero-order chi connectivity index (χ0) is 12.0. The van der Waals surface area contributed by atoms with Gasteiger partial charge in [-0.1, -0.05) is 6.92 Å². The van der Waals surface area contributed by atoms with Gasteiger partial charge in [-0.2, -0.15) is 0 Å². The molecule has 1 N–H and O–H groups in total. The van der Waals surface area contributed by atoms with E-state index in [1.807, 2.05) is 6.92 Å². The number of rotatable bonds is 5. The summed E-state index contributed by atoms with van der Waals surface area (Å²) in [4.78, 5) is 11.5. The highest BCUT2D eigenvalue weighted by molar-refractivity contribution is 5.77. The lowest BCUT2D eigenvalue weighted by Crippen LogP contribution is -2.46. The second kappa shape index (κ2) is 6.21. The average molecular weight is 229 g/mol. The summed E-state index contributed by atoms with van der Waals surface area (Å²) in [5.74, 6) is -0.0175. The minimum atomic E-state index is -0.125. The lowest BCUT2D eigenvalue weighted by atomic mass is 9.94. The van der Waals surface area contributed by atoms with Gasteiger partial charge in [0.2, 0.25) is 5.91 Å². The maximum absolute atomic E-state index is 11.5. The smallest absolute Gasteiger partial charge is 0.246 e. The molecule has 1 aliphatic rings. The molecule has 1 unspecified atom stereocenters. The van der Waals surface area contributed by atoms with Crippen LogP contribution in [0.25, 0.3) is 0 Å². The highest BCUT2D eigenvalue weighted by Crippen LogP contribution is 2.23. The van der Waals surface area contributed by atoms with Gasteiger partial charge in [-0.05, 0) is 33.1 Å². The van der Waals surface area contributed by atoms with Crippen molar-refractivity contribution in [1.82, 2.24) is 5.32 Å². The largest absolute Gasteiger partial charge is 0.375 e. The van der Waals surface area contributed by atoms with Gasteiger partial charge in [-0.25, -0.2) is 0 Å². The Hall–Kier alpha value is -0.610. The van der Waals surface area contributed by atoms with Crippen molar-refractivity contribution >= 4 is 5.91 Å². The van der Waals surface area contributed by atoms with Crippen LogP contribution in [0.3, 0.4) is 0 Å². The summed E-state index contributed by atoms with van der Waals surface area (Å²) in [5, 5.41) is 2.99. The molecule has 1 aliphatic heterocycles. The Morgan fingerprint density at radius 2 is 2.31 bits per heavy atom. The number of carbonyl (C=O) groups is 1. The Bertz CT molecular complexity index is 228. The van der Waals surface area contributed by atoms with Crippen molar-refractivity contribution in [2.75, 3.05) is 19.8 Å². The normalized spacial score (nSPS) is 24.1. The van der Waals surface area contributed by atoms with E-state index in [0.717, 1.165) is 19.3 Å². The van der Waals surface area contributed by atoms with Crippen molar-refractivity contribution in [3.05, 3.63) is 0 Å². The fraction of sp³-hybridized carbons (Fsp3) is 0.917. The van der Waals surface area contributed by atoms with Crippen LogP contribution in [0.4, 0.5) is 0 Å². The summed E-state index contributed by atoms with van der Waals surface area (Å²) >= 11 is 0. The molecule has 1 rings (SSSR count). The molecular formula is C12H23NO3. The summed E-state index contributed by atoms with van der Waals surface area (Å²) in [6.07, 6.45) is 2.70. The molecule has 0 radical (unpaired) electrons. The number of hydrogen-bond donors (Lipinski definition) is 1. The molecule has 1 heterocycles. The van der Waals surface area contributed by atoms with Gasteiger partial charge in [0.25, 0.3) is 0 Å². The predicted molar refractivity (Wildman–Crippen MR) is 62.3 cm³/mol. The molecular weight excluding hydrogens is 206 g/mol. The highest BCUT2D eigenvalue weighted by atomic mass is 16.5. The molecule has 0 aromatic rings. The van der Waals surface area contributed by atoms with E-state index in [2.05, 4.69) is 19.2 Å². The number of ether oxygens (including phenoxy) is 2. The SMILES string of the molecule is CCCOCC(=O)NC1CCOC(C)(C)C1. The minimum absolute atomic E-state index is 0.0175. The molecule has 1 saturated heterocycles. The Morgan fingerprint density at radius 3 is 2.94 bits per heavy atom. The summed E-state index contributed by atoms with van der Waals surface area (Å²) in [6, 6.07) is 0.224. The van der Waals surface area contributed by atoms with Crippen LogP contribution in [0.15, 0.2) is 0 Å². The molecule has 16 heavy (non-hydrogen) atoms. The van der Waals surface area contributed by atoms with Gasteiger partial charge in [0.05, 0.1) is 5.60 Å². The third kappa shape index (κ3) is 4.94. The van der Waals surface area contributed by atoms with Crippen LogP contribution < -0.4 is 5.32 Å². The van der Waals surface area contributed by atoms with Crippen LogP contribution in [0.2, 0.25) is 0 Å². The van der Waals surface area contributed by atoms with E-state index < -0.39 is 0 Å². The van der Waals surface area contributed by atoms with E-state index in [4.69, 9.17) is 9.47 Å². The molecule has 0 aromatic carbocycles. The molecule has 1 fully saturated rings. The van der Waals surface area contributed by atoms with Crippen molar-refractivity contribution in [2.24, 2.45) is 0 Å². The first kappa shape index (κ1) is 13.5. The van der Waals surface area contributed by atoms with Crippen LogP contribution in [-0.2, 0) is 14.3 Å². The van der Waals surface area contributed by atoms with Crippen LogP contribution >= 0.6 is 0 Å². The van der Waals surface area contributed by atoms with Crippen LogP contribution in [-0.4, -0.2) is 37.4 Å². The second-order valence-electron chi connectivity index (χ2n) is 4.92. The summed E-state index contributed by atoms with van der Waals surface area (Å²) in [5.41, 5.74) is -0.125. The third-order valence-corrected chi connectivity index (χ3v) is 2.64. The van der Waals surface area contributed by atoms with Crippen LogP contribution in [0, 0.1) is 0 Å². The number of carbonyl (C=O) groups excluding carboxylic acids is 1. The van der Waals surface area contributed by atoms with Crippen molar-refractivity contribution in [1.29, 1.82) is 0 Å². The first-order valence-corrected chi connectivity index (χ1v) is 6.04. The van der Waals surface area contributed by atoms with E-state index >= 15 is 0 Å². The van der Waals surface area contributed by atoms with Crippen molar-refractivity contribution in [3.8, 4) is 0 Å². The third-order valence-electron chi connectivity index (χ3n) is 2.64. The first-order valence-electron chi connectivity index (χ1n) is 6.04. The zero-order valence-corrected chi connectivity index (χ0v) is 10.5. The molecule has 0 bridgehead atoms. The summed E-state index contributed by atoms with van der Waals surface area (Å²) in [6.45, 7) is 7.67. The number of hydrogen-bond acceptors (Lipinski definition) is 3. The van der Waals surface area contributed by atoms with Gasteiger partial charge < -0.3 is 14.8 Å². The predicted octanol–water partition coefficient (Wildman–Crippen LogP) is 1.49. The monoisotopic (exact) mass is 229 g/mol. The second-order valence-corrected chi connectivity index (χ2v) is 4.92. The van der Waals surface area contributed by atoms with E-state index in [0.29, 0.717) is 13.2 Å². The molecule has 94 valence electrons. The van der Waals surface area contributed by atoms with Gasteiger partial charge in [0.15, 0.2) is 0 Å². The van der Waals surface area contributed by atoms with E-state index in [1.165, 1.54) is 0 Å². The fourth-order valence-corrected chi connectivity index (χ4v) is 1.93. The molecule has 0 saturated carbocycles. The summed E-state index contributed by atoms with van der Waals surface area (Å²) in [7, 11) is 0. The van der Waals surface area contributed by atoms with Crippen molar-refractivity contribution in [3.63, 3.8) is 0 Å². The van der Waals surface area contributed by atoms with Crippen LogP contribution in [0.5, 0.6) is 0 Å². The Kier molecular flexibility index (Phi) is 5.22. The molecule has 1 atom stereocenters. The Morgan fingerprint density at radius 1 is 1.56 bits per heavy atom. The number of amides is 1. The number of nitrogens with one attached hydrogen (secondary N) is 1. The first-order chi connectivity index (χ1) is 7.53. The zero-order valence-electron chi connectivity index (χ0n) is 10.5. The lowest BCUT2D eigenvalue weighted by molar-refractivity contribution is -0.128. The van der Waals surface area contributed by atoms with Gasteiger partial charge in [-0.15, -0.1) is 0 Å². The molecule has 0 aliphatic carbocycles. The molecule has 4 heteroatoms. The maximum atomic E-state index is 11.5. The van der Waals surface area contributed by atoms with E-state index in [-0.39, 0.29) is 24.2 Å². The van der Waals surface area contributed by atoms with Gasteiger partial charge >= 0.3 is 0 Å². The molecule has 4 nitrogen and oxygen atoms in total. The fourth-order valence-electron chi connectivity index (χ4n) is 1.93. The maximum Gasteiger partial charge on any atom is 0.246 e. The summed E-state index contributed by atoms with van der Waals surface area (Å²) < 4.78 is 10.8. The van der Waals surface area contributed by atoms with Gasteiger partial charge in [0, 0.05) is 19.3 Å². The van der Waals surface area contributed by atoms with Gasteiger partial charge in [-0.3, -0.25) is 4.79 Å². The highest BCUT2D eigenvalue weighted by Gasteiger charge is 2.29. The van der Waals surface area contributed by atoms with Crippen LogP contribution in [0.1, 0.15) is 40.0 Å². The Labute approximate surface area is 97.7 Å². The van der Waals surface area contributed by atoms with E-state index in [9.17, 15) is 4.79 Å². The minimum Gasteiger partial charge on any atom is -0.375 e. The average Bonchev–Trinajstić information content (AvgIpc) is 2.16. The Balaban J connectivity index is 2.23. The lowest BCUT2D eigenvalue weighted by Gasteiger charge is -2.35. The molecule has 0 aromatic heterocycles. The topological polar surface area (TPSA) is 47.6 Å². The van der Waals surface area contributed by atoms with Crippen molar-refractivity contribution in [2.45, 2.75) is 51.7 Å². The standard InChI is InChI=1S/C12H23NO3/c1-4-6-15-9-11(14)13-10-5-7-16-12(2,3)8-10/h10H,4-9H2,1-3H3,(H,13,14).